The summed E-state index contributed by atoms with van der Waals surface area (Å²) in [7, 11) is 0. The van der Waals surface area contributed by atoms with Crippen LogP contribution in [0, 0.1) is 11.3 Å². The lowest BCUT2D eigenvalue weighted by Crippen LogP contribution is -2.51. The Morgan fingerprint density at radius 3 is 2.72 bits per heavy atom. The highest BCUT2D eigenvalue weighted by molar-refractivity contribution is 6.30. The first-order valence-electron chi connectivity index (χ1n) is 13.2. The van der Waals surface area contributed by atoms with E-state index >= 15 is 0 Å². The number of fused-ring (bicyclic) bond motifs is 3. The smallest absolute Gasteiger partial charge is 0.338 e. The van der Waals surface area contributed by atoms with Crippen molar-refractivity contribution in [2.75, 3.05) is 31.2 Å². The third-order valence-corrected chi connectivity index (χ3v) is 8.76. The van der Waals surface area contributed by atoms with Crippen molar-refractivity contribution in [1.82, 2.24) is 0 Å². The molecule has 1 spiro atoms. The van der Waals surface area contributed by atoms with Gasteiger partial charge in [-0.05, 0) is 106 Å². The molecule has 0 amide bonds. The molecule has 5 rings (SSSR count). The molecule has 0 saturated heterocycles. The number of rotatable bonds is 4. The molecule has 0 aromatic heterocycles. The molecule has 5 nitrogen and oxygen atoms in total. The molecule has 3 atom stereocenters. The standard InChI is InChI=1S/C30H38ClNO4/c1-28(2,3)36-27(34)21-7-10-26-25(15-21)32(16-22-11-13-29(22,4)18-33)17-30(19-35-26)12-5-6-20-14-23(31)8-9-24(20)30/h7-10,14-15,22,33H,5-6,11-13,16-19H2,1-4H3/t22-,29+,30-/m0/s1. The second-order valence-corrected chi connectivity index (χ2v) is 12.8. The fourth-order valence-electron chi connectivity index (χ4n) is 6.21. The monoisotopic (exact) mass is 511 g/mol. The predicted molar refractivity (Wildman–Crippen MR) is 143 cm³/mol. The minimum Gasteiger partial charge on any atom is -0.490 e. The van der Waals surface area contributed by atoms with Crippen LogP contribution in [-0.2, 0) is 16.6 Å². The Labute approximate surface area is 219 Å². The van der Waals surface area contributed by atoms with Crippen molar-refractivity contribution in [3.05, 3.63) is 58.1 Å². The summed E-state index contributed by atoms with van der Waals surface area (Å²) in [5.41, 5.74) is 3.30. The summed E-state index contributed by atoms with van der Waals surface area (Å²) in [6.07, 6.45) is 5.28. The number of ether oxygens (including phenoxy) is 2. The number of esters is 1. The topological polar surface area (TPSA) is 59.0 Å². The van der Waals surface area contributed by atoms with Crippen LogP contribution in [0.15, 0.2) is 36.4 Å². The molecule has 1 saturated carbocycles. The molecule has 0 bridgehead atoms. The fraction of sp³-hybridized carbons (Fsp3) is 0.567. The zero-order valence-electron chi connectivity index (χ0n) is 21.9. The van der Waals surface area contributed by atoms with Crippen molar-refractivity contribution in [2.24, 2.45) is 11.3 Å². The molecule has 194 valence electrons. The van der Waals surface area contributed by atoms with Crippen LogP contribution < -0.4 is 9.64 Å². The van der Waals surface area contributed by atoms with E-state index in [1.165, 1.54) is 11.1 Å². The summed E-state index contributed by atoms with van der Waals surface area (Å²) in [5, 5.41) is 10.9. The lowest BCUT2D eigenvalue weighted by Gasteiger charge is -2.49. The number of aryl methyl sites for hydroxylation is 1. The molecule has 3 aliphatic rings. The largest absolute Gasteiger partial charge is 0.490 e. The van der Waals surface area contributed by atoms with E-state index in [1.807, 2.05) is 39.0 Å². The Morgan fingerprint density at radius 1 is 1.22 bits per heavy atom. The molecule has 2 aromatic carbocycles. The van der Waals surface area contributed by atoms with Gasteiger partial charge in [-0.3, -0.25) is 0 Å². The lowest BCUT2D eigenvalue weighted by molar-refractivity contribution is -0.00581. The number of nitrogens with zero attached hydrogens (tertiary/aromatic N) is 1. The minimum absolute atomic E-state index is 0.0682. The Balaban J connectivity index is 1.54. The van der Waals surface area contributed by atoms with Crippen molar-refractivity contribution < 1.29 is 19.4 Å². The van der Waals surface area contributed by atoms with E-state index in [9.17, 15) is 9.90 Å². The number of aliphatic hydroxyl groups is 1. The van der Waals surface area contributed by atoms with Crippen LogP contribution in [0.1, 0.15) is 74.9 Å². The molecule has 36 heavy (non-hydrogen) atoms. The van der Waals surface area contributed by atoms with E-state index in [1.54, 1.807) is 6.07 Å². The van der Waals surface area contributed by atoms with Crippen molar-refractivity contribution in [3.8, 4) is 5.75 Å². The molecular formula is C30H38ClNO4. The van der Waals surface area contributed by atoms with Gasteiger partial charge < -0.3 is 19.5 Å². The number of hydrogen-bond acceptors (Lipinski definition) is 5. The van der Waals surface area contributed by atoms with Gasteiger partial charge in [0.05, 0.1) is 17.9 Å². The molecule has 1 heterocycles. The number of carbonyl (C=O) groups is 1. The normalized spacial score (nSPS) is 27.4. The average Bonchev–Trinajstić information content (AvgIpc) is 2.97. The molecule has 1 N–H and O–H groups in total. The van der Waals surface area contributed by atoms with E-state index in [2.05, 4.69) is 24.0 Å². The van der Waals surface area contributed by atoms with E-state index in [4.69, 9.17) is 21.1 Å². The van der Waals surface area contributed by atoms with E-state index < -0.39 is 5.60 Å². The van der Waals surface area contributed by atoms with Gasteiger partial charge in [0.1, 0.15) is 11.4 Å². The number of hydrogen-bond donors (Lipinski definition) is 1. The van der Waals surface area contributed by atoms with E-state index in [0.717, 1.165) is 61.7 Å². The van der Waals surface area contributed by atoms with Crippen LogP contribution in [0.25, 0.3) is 0 Å². The number of anilines is 1. The molecule has 2 aliphatic carbocycles. The van der Waals surface area contributed by atoms with Crippen molar-refractivity contribution in [1.29, 1.82) is 0 Å². The summed E-state index contributed by atoms with van der Waals surface area (Å²) in [6, 6.07) is 11.9. The van der Waals surface area contributed by atoms with Crippen LogP contribution in [0.2, 0.25) is 5.02 Å². The Hall–Kier alpha value is -2.24. The highest BCUT2D eigenvalue weighted by Gasteiger charge is 2.46. The van der Waals surface area contributed by atoms with Gasteiger partial charge in [-0.25, -0.2) is 4.79 Å². The first kappa shape index (κ1) is 25.4. The van der Waals surface area contributed by atoms with Crippen LogP contribution in [0.5, 0.6) is 5.75 Å². The first-order chi connectivity index (χ1) is 17.0. The number of halogens is 1. The van der Waals surface area contributed by atoms with Crippen molar-refractivity contribution >= 4 is 23.3 Å². The summed E-state index contributed by atoms with van der Waals surface area (Å²) >= 11 is 6.36. The molecular weight excluding hydrogens is 474 g/mol. The first-order valence-corrected chi connectivity index (χ1v) is 13.5. The number of carbonyl (C=O) groups excluding carboxylic acids is 1. The predicted octanol–water partition coefficient (Wildman–Crippen LogP) is 6.18. The Bertz CT molecular complexity index is 1150. The highest BCUT2D eigenvalue weighted by Crippen LogP contribution is 2.49. The maximum absolute atomic E-state index is 12.9. The summed E-state index contributed by atoms with van der Waals surface area (Å²) < 4.78 is 12.2. The molecule has 1 aliphatic heterocycles. The van der Waals surface area contributed by atoms with Gasteiger partial charge in [-0.2, -0.15) is 0 Å². The quantitative estimate of drug-likeness (QED) is 0.497. The van der Waals surface area contributed by atoms with E-state index in [0.29, 0.717) is 18.1 Å². The molecule has 1 fully saturated rings. The zero-order chi connectivity index (χ0) is 25.7. The minimum atomic E-state index is -0.563. The molecule has 0 radical (unpaired) electrons. The van der Waals surface area contributed by atoms with Gasteiger partial charge in [-0.1, -0.05) is 24.6 Å². The second kappa shape index (κ2) is 9.25. The van der Waals surface area contributed by atoms with Crippen molar-refractivity contribution in [2.45, 2.75) is 70.8 Å². The third-order valence-electron chi connectivity index (χ3n) is 8.52. The maximum Gasteiger partial charge on any atom is 0.338 e. The Morgan fingerprint density at radius 2 is 2.03 bits per heavy atom. The SMILES string of the molecule is CC(C)(C)OC(=O)c1ccc2c(c1)N(C[C@@H]1CC[C@]1(C)CO)C[C@@]1(CCCc3cc(Cl)ccc31)CO2. The van der Waals surface area contributed by atoms with Gasteiger partial charge in [0, 0.05) is 30.1 Å². The van der Waals surface area contributed by atoms with Gasteiger partial charge in [0.15, 0.2) is 0 Å². The summed E-state index contributed by atoms with van der Waals surface area (Å²) in [5.74, 6) is 0.847. The van der Waals surface area contributed by atoms with Gasteiger partial charge >= 0.3 is 5.97 Å². The van der Waals surface area contributed by atoms with Gasteiger partial charge in [0.2, 0.25) is 0 Å². The summed E-state index contributed by atoms with van der Waals surface area (Å²) in [4.78, 5) is 15.4. The summed E-state index contributed by atoms with van der Waals surface area (Å²) in [6.45, 7) is 10.2. The van der Waals surface area contributed by atoms with Crippen molar-refractivity contribution in [3.63, 3.8) is 0 Å². The Kier molecular flexibility index (Phi) is 6.53. The number of benzene rings is 2. The van der Waals surface area contributed by atoms with Crippen LogP contribution in [0.4, 0.5) is 5.69 Å². The van der Waals surface area contributed by atoms with Crippen LogP contribution >= 0.6 is 11.6 Å². The molecule has 2 aromatic rings. The maximum atomic E-state index is 12.9. The van der Waals surface area contributed by atoms with Gasteiger partial charge in [-0.15, -0.1) is 0 Å². The third kappa shape index (κ3) is 4.72. The zero-order valence-corrected chi connectivity index (χ0v) is 22.7. The van der Waals surface area contributed by atoms with Crippen LogP contribution in [-0.4, -0.2) is 43.0 Å². The second-order valence-electron chi connectivity index (χ2n) is 12.3. The lowest BCUT2D eigenvalue weighted by atomic mass is 9.61. The number of aliphatic hydroxyl groups excluding tert-OH is 1. The highest BCUT2D eigenvalue weighted by atomic mass is 35.5. The average molecular weight is 512 g/mol. The van der Waals surface area contributed by atoms with Crippen LogP contribution in [0.3, 0.4) is 0 Å². The molecule has 0 unspecified atom stereocenters. The molecule has 6 heteroatoms. The van der Waals surface area contributed by atoms with Gasteiger partial charge in [0.25, 0.3) is 0 Å². The fourth-order valence-corrected chi connectivity index (χ4v) is 6.40. The van der Waals surface area contributed by atoms with E-state index in [-0.39, 0.29) is 23.4 Å².